The van der Waals surface area contributed by atoms with E-state index < -0.39 is 0 Å². The first-order chi connectivity index (χ1) is 9.29. The molecule has 1 aliphatic rings. The molecule has 2 unspecified atom stereocenters. The second-order valence-electron chi connectivity index (χ2n) is 5.01. The number of likely N-dealkylation sites (N-methyl/N-ethyl adjacent to an activating group) is 1. The number of imidazole rings is 1. The zero-order valence-corrected chi connectivity index (χ0v) is 11.3. The van der Waals surface area contributed by atoms with Crippen LogP contribution in [0.1, 0.15) is 17.3 Å². The van der Waals surface area contributed by atoms with E-state index >= 15 is 0 Å². The Kier molecular flexibility index (Phi) is 3.25. The van der Waals surface area contributed by atoms with Crippen LogP contribution in [-0.2, 0) is 13.5 Å². The maximum atomic E-state index is 5.78. The minimum absolute atomic E-state index is 0.338. The molecule has 1 aliphatic heterocycles. The van der Waals surface area contributed by atoms with Gasteiger partial charge in [0.1, 0.15) is 11.6 Å². The van der Waals surface area contributed by atoms with Gasteiger partial charge in [0.2, 0.25) is 0 Å². The first kappa shape index (κ1) is 12.2. The fourth-order valence-electron chi connectivity index (χ4n) is 2.76. The van der Waals surface area contributed by atoms with E-state index in [4.69, 9.17) is 4.74 Å². The van der Waals surface area contributed by atoms with E-state index in [0.29, 0.717) is 12.0 Å². The number of rotatable bonds is 4. The molecule has 1 aromatic heterocycles. The molecule has 2 aromatic rings. The maximum Gasteiger partial charge on any atom is 0.122 e. The molecule has 2 heterocycles. The number of nitrogens with one attached hydrogen (secondary N) is 1. The van der Waals surface area contributed by atoms with Crippen LogP contribution in [-0.4, -0.2) is 29.2 Å². The lowest BCUT2D eigenvalue weighted by Gasteiger charge is -2.22. The van der Waals surface area contributed by atoms with E-state index in [9.17, 15) is 0 Å². The molecule has 0 bridgehead atoms. The van der Waals surface area contributed by atoms with Gasteiger partial charge in [0.15, 0.2) is 0 Å². The number of nitrogens with zero attached hydrogens (tertiary/aromatic N) is 2. The molecule has 0 aliphatic carbocycles. The van der Waals surface area contributed by atoms with E-state index in [1.807, 2.05) is 38.6 Å². The number of ether oxygens (including phenoxy) is 1. The van der Waals surface area contributed by atoms with Gasteiger partial charge < -0.3 is 14.6 Å². The Bertz CT molecular complexity index is 564. The van der Waals surface area contributed by atoms with E-state index in [0.717, 1.165) is 24.6 Å². The lowest BCUT2D eigenvalue weighted by molar-refractivity contribution is 0.300. The van der Waals surface area contributed by atoms with Crippen LogP contribution in [0.15, 0.2) is 36.7 Å². The van der Waals surface area contributed by atoms with Crippen LogP contribution < -0.4 is 10.1 Å². The Morgan fingerprint density at radius 1 is 1.47 bits per heavy atom. The van der Waals surface area contributed by atoms with Gasteiger partial charge >= 0.3 is 0 Å². The van der Waals surface area contributed by atoms with Crippen LogP contribution >= 0.6 is 0 Å². The second-order valence-corrected chi connectivity index (χ2v) is 5.01. The minimum atomic E-state index is 0.338. The molecule has 0 fully saturated rings. The summed E-state index contributed by atoms with van der Waals surface area (Å²) in [5, 5.41) is 3.42. The number of benzene rings is 1. The average Bonchev–Trinajstić information content (AvgIpc) is 3.03. The zero-order valence-electron chi connectivity index (χ0n) is 11.3. The monoisotopic (exact) mass is 257 g/mol. The van der Waals surface area contributed by atoms with Gasteiger partial charge in [0.05, 0.1) is 6.61 Å². The predicted octanol–water partition coefficient (Wildman–Crippen LogP) is 1.73. The summed E-state index contributed by atoms with van der Waals surface area (Å²) in [6, 6.07) is 8.64. The lowest BCUT2D eigenvalue weighted by Crippen LogP contribution is -2.35. The average molecular weight is 257 g/mol. The quantitative estimate of drug-likeness (QED) is 0.906. The summed E-state index contributed by atoms with van der Waals surface area (Å²) >= 11 is 0. The molecular weight excluding hydrogens is 238 g/mol. The predicted molar refractivity (Wildman–Crippen MR) is 74.4 cm³/mol. The first-order valence-corrected chi connectivity index (χ1v) is 6.65. The Morgan fingerprint density at radius 3 is 3.05 bits per heavy atom. The van der Waals surface area contributed by atoms with Crippen molar-refractivity contribution in [3.05, 3.63) is 48.0 Å². The van der Waals surface area contributed by atoms with Gasteiger partial charge in [0, 0.05) is 43.4 Å². The third-order valence-electron chi connectivity index (χ3n) is 3.92. The molecule has 3 rings (SSSR count). The van der Waals surface area contributed by atoms with E-state index in [-0.39, 0.29) is 0 Å². The van der Waals surface area contributed by atoms with Gasteiger partial charge in [-0.15, -0.1) is 0 Å². The van der Waals surface area contributed by atoms with Crippen molar-refractivity contribution in [1.29, 1.82) is 0 Å². The van der Waals surface area contributed by atoms with Crippen molar-refractivity contribution in [2.75, 3.05) is 13.7 Å². The molecular formula is C15H19N3O. The molecule has 0 saturated carbocycles. The Hall–Kier alpha value is -1.81. The summed E-state index contributed by atoms with van der Waals surface area (Å²) in [4.78, 5) is 4.41. The highest BCUT2D eigenvalue weighted by atomic mass is 16.5. The molecule has 4 heteroatoms. The van der Waals surface area contributed by atoms with Gasteiger partial charge in [0.25, 0.3) is 0 Å². The Morgan fingerprint density at radius 2 is 2.32 bits per heavy atom. The Labute approximate surface area is 113 Å². The fourth-order valence-corrected chi connectivity index (χ4v) is 2.76. The molecule has 1 aromatic carbocycles. The molecule has 1 N–H and O–H groups in total. The van der Waals surface area contributed by atoms with Crippen LogP contribution in [0, 0.1) is 0 Å². The van der Waals surface area contributed by atoms with Crippen molar-refractivity contribution in [2.45, 2.75) is 18.4 Å². The third-order valence-corrected chi connectivity index (χ3v) is 3.92. The number of para-hydroxylation sites is 1. The topological polar surface area (TPSA) is 39.1 Å². The number of hydrogen-bond donors (Lipinski definition) is 1. The number of aryl methyl sites for hydroxylation is 1. The highest BCUT2D eigenvalue weighted by molar-refractivity contribution is 5.40. The highest BCUT2D eigenvalue weighted by Crippen LogP contribution is 2.36. The smallest absolute Gasteiger partial charge is 0.122 e. The van der Waals surface area contributed by atoms with Crippen molar-refractivity contribution in [3.8, 4) is 5.75 Å². The van der Waals surface area contributed by atoms with Crippen LogP contribution in [0.3, 0.4) is 0 Å². The number of fused-ring (bicyclic) bond motifs is 1. The molecule has 19 heavy (non-hydrogen) atoms. The van der Waals surface area contributed by atoms with Crippen LogP contribution in [0.4, 0.5) is 0 Å². The van der Waals surface area contributed by atoms with Crippen LogP contribution in [0.25, 0.3) is 0 Å². The SMILES string of the molecule is CNC(Cc1nccn1C)C1COc2ccccc21. The minimum Gasteiger partial charge on any atom is -0.493 e. The summed E-state index contributed by atoms with van der Waals surface area (Å²) in [5.74, 6) is 2.51. The van der Waals surface area contributed by atoms with Gasteiger partial charge in [-0.05, 0) is 13.1 Å². The van der Waals surface area contributed by atoms with Crippen molar-refractivity contribution < 1.29 is 4.74 Å². The third kappa shape index (κ3) is 2.24. The van der Waals surface area contributed by atoms with Gasteiger partial charge in [-0.1, -0.05) is 18.2 Å². The summed E-state index contributed by atoms with van der Waals surface area (Å²) in [6.07, 6.45) is 4.74. The van der Waals surface area contributed by atoms with Crippen molar-refractivity contribution in [1.82, 2.24) is 14.9 Å². The summed E-state index contributed by atoms with van der Waals surface area (Å²) in [5.41, 5.74) is 1.30. The van der Waals surface area contributed by atoms with E-state index in [2.05, 4.69) is 27.0 Å². The highest BCUT2D eigenvalue weighted by Gasteiger charge is 2.31. The maximum absolute atomic E-state index is 5.78. The largest absolute Gasteiger partial charge is 0.493 e. The first-order valence-electron chi connectivity index (χ1n) is 6.65. The molecule has 0 spiro atoms. The van der Waals surface area contributed by atoms with Crippen LogP contribution in [0.5, 0.6) is 5.75 Å². The molecule has 0 saturated heterocycles. The second kappa shape index (κ2) is 5.05. The van der Waals surface area contributed by atoms with Crippen molar-refractivity contribution in [2.24, 2.45) is 7.05 Å². The van der Waals surface area contributed by atoms with Gasteiger partial charge in [-0.25, -0.2) is 4.98 Å². The van der Waals surface area contributed by atoms with Crippen LogP contribution in [0.2, 0.25) is 0 Å². The van der Waals surface area contributed by atoms with Gasteiger partial charge in [-0.3, -0.25) is 0 Å². The summed E-state index contributed by atoms with van der Waals surface area (Å²) in [7, 11) is 4.04. The lowest BCUT2D eigenvalue weighted by atomic mass is 9.91. The normalized spacial score (nSPS) is 18.9. The Balaban J connectivity index is 1.82. The molecule has 2 atom stereocenters. The molecule has 4 nitrogen and oxygen atoms in total. The molecule has 0 radical (unpaired) electrons. The molecule has 100 valence electrons. The van der Waals surface area contributed by atoms with E-state index in [1.54, 1.807) is 0 Å². The van der Waals surface area contributed by atoms with Crippen molar-refractivity contribution in [3.63, 3.8) is 0 Å². The number of hydrogen-bond acceptors (Lipinski definition) is 3. The summed E-state index contributed by atoms with van der Waals surface area (Å²) in [6.45, 7) is 0.745. The standard InChI is InChI=1S/C15H19N3O/c1-16-13(9-15-17-7-8-18(15)2)12-10-19-14-6-4-3-5-11(12)14/h3-8,12-13,16H,9-10H2,1-2H3. The van der Waals surface area contributed by atoms with Gasteiger partial charge in [-0.2, -0.15) is 0 Å². The summed E-state index contributed by atoms with van der Waals surface area (Å²) < 4.78 is 7.85. The van der Waals surface area contributed by atoms with E-state index in [1.165, 1.54) is 5.56 Å². The molecule has 0 amide bonds. The number of aromatic nitrogens is 2. The zero-order chi connectivity index (χ0) is 13.2. The van der Waals surface area contributed by atoms with Crippen molar-refractivity contribution >= 4 is 0 Å². The fraction of sp³-hybridized carbons (Fsp3) is 0.400.